The van der Waals surface area contributed by atoms with Gasteiger partial charge in [0.25, 0.3) is 5.91 Å². The Labute approximate surface area is 223 Å². The van der Waals surface area contributed by atoms with Gasteiger partial charge in [0.1, 0.15) is 22.7 Å². The number of imidazole rings is 1. The largest absolute Gasteiger partial charge is 0.425 e. The van der Waals surface area contributed by atoms with E-state index in [-0.39, 0.29) is 19.3 Å². The first-order valence-electron chi connectivity index (χ1n) is 10.8. The van der Waals surface area contributed by atoms with Gasteiger partial charge in [-0.15, -0.1) is 0 Å². The van der Waals surface area contributed by atoms with Crippen LogP contribution in [-0.4, -0.2) is 50.1 Å². The van der Waals surface area contributed by atoms with Gasteiger partial charge in [-0.2, -0.15) is 13.4 Å². The molecule has 4 rings (SSSR count). The highest BCUT2D eigenvalue weighted by atomic mass is 127. The molecular formula is C21H25ClIN5O5SSi. The SMILES string of the molecule is Cc1ccc(N2CC(=O)NS2(=O)=O)cc1Oc1nc2nc(I)c(Cl)cc2n1COCC[Si](C)(C)C. The quantitative estimate of drug-likeness (QED) is 0.168. The van der Waals surface area contributed by atoms with Crippen LogP contribution in [0, 0.1) is 10.6 Å². The molecule has 1 saturated heterocycles. The maximum Gasteiger partial charge on any atom is 0.326 e. The van der Waals surface area contributed by atoms with Gasteiger partial charge in [-0.1, -0.05) is 37.3 Å². The van der Waals surface area contributed by atoms with E-state index in [1.165, 1.54) is 0 Å². The summed E-state index contributed by atoms with van der Waals surface area (Å²) >= 11 is 8.37. The molecule has 0 saturated carbocycles. The van der Waals surface area contributed by atoms with Gasteiger partial charge in [-0.05, 0) is 53.3 Å². The second kappa shape index (κ2) is 9.84. The molecule has 2 aromatic heterocycles. The molecule has 1 fully saturated rings. The van der Waals surface area contributed by atoms with Gasteiger partial charge in [0, 0.05) is 20.7 Å². The fourth-order valence-electron chi connectivity index (χ4n) is 3.35. The Bertz CT molecular complexity index is 1410. The zero-order valence-corrected chi connectivity index (χ0v) is 24.4. The van der Waals surface area contributed by atoms with Crippen molar-refractivity contribution in [3.63, 3.8) is 0 Å². The summed E-state index contributed by atoms with van der Waals surface area (Å²) in [5.74, 6) is -0.209. The number of anilines is 1. The average Bonchev–Trinajstić information content (AvgIpc) is 3.21. The van der Waals surface area contributed by atoms with Crippen LogP contribution in [0.25, 0.3) is 11.2 Å². The number of pyridine rings is 1. The van der Waals surface area contributed by atoms with Crippen LogP contribution in [0.5, 0.6) is 11.8 Å². The third-order valence-electron chi connectivity index (χ3n) is 5.31. The van der Waals surface area contributed by atoms with Gasteiger partial charge < -0.3 is 9.47 Å². The van der Waals surface area contributed by atoms with Gasteiger partial charge in [0.05, 0.1) is 16.2 Å². The molecule has 1 N–H and O–H groups in total. The van der Waals surface area contributed by atoms with Gasteiger partial charge in [-0.25, -0.2) is 14.0 Å². The van der Waals surface area contributed by atoms with Crippen molar-refractivity contribution < 1.29 is 22.7 Å². The molecule has 188 valence electrons. The molecule has 3 heterocycles. The lowest BCUT2D eigenvalue weighted by Crippen LogP contribution is -2.29. The van der Waals surface area contributed by atoms with E-state index in [1.807, 2.05) is 34.2 Å². The molecular weight excluding hydrogens is 625 g/mol. The Morgan fingerprint density at radius 1 is 1.23 bits per heavy atom. The fraction of sp³-hybridized carbons (Fsp3) is 0.381. The van der Waals surface area contributed by atoms with Gasteiger partial charge >= 0.3 is 16.2 Å². The molecule has 1 aliphatic rings. The predicted octanol–water partition coefficient (Wildman–Crippen LogP) is 4.28. The minimum atomic E-state index is -3.94. The van der Waals surface area contributed by atoms with Crippen molar-refractivity contribution in [2.75, 3.05) is 17.5 Å². The highest BCUT2D eigenvalue weighted by molar-refractivity contribution is 14.1. The zero-order chi connectivity index (χ0) is 25.5. The number of amides is 1. The Balaban J connectivity index is 1.68. The summed E-state index contributed by atoms with van der Waals surface area (Å²) in [6.45, 7) is 9.16. The lowest BCUT2D eigenvalue weighted by Gasteiger charge is -2.18. The maximum atomic E-state index is 12.3. The predicted molar refractivity (Wildman–Crippen MR) is 145 cm³/mol. The standard InChI is InChI=1S/C21H25ClIN5O5SSi/c1-13-5-6-14(28-11-18(29)26-34(28,30)31)9-17(13)33-21-25-20-16(10-15(22)19(23)24-20)27(21)12-32-7-8-35(2,3)4/h5-6,9-10H,7-8,11-12H2,1-4H3,(H,26,29). The molecule has 1 amide bonds. The van der Waals surface area contributed by atoms with Gasteiger partial charge in [0.15, 0.2) is 5.65 Å². The van der Waals surface area contributed by atoms with Crippen molar-refractivity contribution in [1.29, 1.82) is 0 Å². The van der Waals surface area contributed by atoms with Crippen LogP contribution in [0.4, 0.5) is 5.69 Å². The third-order valence-corrected chi connectivity index (χ3v) is 9.85. The highest BCUT2D eigenvalue weighted by Crippen LogP contribution is 2.33. The summed E-state index contributed by atoms with van der Waals surface area (Å²) < 4.78 is 42.0. The summed E-state index contributed by atoms with van der Waals surface area (Å²) in [5.41, 5.74) is 2.16. The zero-order valence-electron chi connectivity index (χ0n) is 19.6. The highest BCUT2D eigenvalue weighted by Gasteiger charge is 2.34. The number of halogens is 2. The first-order valence-corrected chi connectivity index (χ1v) is 17.4. The van der Waals surface area contributed by atoms with Crippen molar-refractivity contribution in [3.8, 4) is 11.8 Å². The average molecular weight is 650 g/mol. The number of aryl methyl sites for hydroxylation is 1. The molecule has 0 bridgehead atoms. The van der Waals surface area contributed by atoms with Crippen LogP contribution >= 0.6 is 34.2 Å². The number of rotatable bonds is 8. The summed E-state index contributed by atoms with van der Waals surface area (Å²) in [5, 5.41) is 0.488. The Morgan fingerprint density at radius 2 is 1.97 bits per heavy atom. The van der Waals surface area contributed by atoms with E-state index in [1.54, 1.807) is 28.8 Å². The normalized spacial score (nSPS) is 15.6. The van der Waals surface area contributed by atoms with Crippen molar-refractivity contribution in [2.24, 2.45) is 0 Å². The molecule has 0 spiro atoms. The number of hydrogen-bond donors (Lipinski definition) is 1. The number of carbonyl (C=O) groups is 1. The number of nitrogens with zero attached hydrogens (tertiary/aromatic N) is 4. The summed E-state index contributed by atoms with van der Waals surface area (Å²) in [4.78, 5) is 20.7. The number of carbonyl (C=O) groups excluding carboxylic acids is 1. The maximum absolute atomic E-state index is 12.3. The molecule has 1 aromatic carbocycles. The molecule has 35 heavy (non-hydrogen) atoms. The van der Waals surface area contributed by atoms with Gasteiger partial charge in [-0.3, -0.25) is 9.36 Å². The molecule has 10 nitrogen and oxygen atoms in total. The minimum Gasteiger partial charge on any atom is -0.425 e. The van der Waals surface area contributed by atoms with Gasteiger partial charge in [0.2, 0.25) is 0 Å². The topological polar surface area (TPSA) is 116 Å². The summed E-state index contributed by atoms with van der Waals surface area (Å²) in [6, 6.07) is 7.91. The van der Waals surface area contributed by atoms with Crippen molar-refractivity contribution in [3.05, 3.63) is 38.6 Å². The Hall–Kier alpha value is -1.94. The molecule has 3 aromatic rings. The summed E-state index contributed by atoms with van der Waals surface area (Å²) in [6.07, 6.45) is 0. The lowest BCUT2D eigenvalue weighted by atomic mass is 10.2. The second-order valence-electron chi connectivity index (χ2n) is 9.36. The fourth-order valence-corrected chi connectivity index (χ4v) is 5.78. The van der Waals surface area contributed by atoms with E-state index in [2.05, 4.69) is 29.6 Å². The monoisotopic (exact) mass is 649 g/mol. The van der Waals surface area contributed by atoms with Crippen LogP contribution in [0.2, 0.25) is 30.7 Å². The number of ether oxygens (including phenoxy) is 2. The summed E-state index contributed by atoms with van der Waals surface area (Å²) in [7, 11) is -5.21. The first kappa shape index (κ1) is 26.1. The minimum absolute atomic E-state index is 0.187. The van der Waals surface area contributed by atoms with E-state index in [4.69, 9.17) is 21.1 Å². The number of hydrogen-bond acceptors (Lipinski definition) is 7. The number of aromatic nitrogens is 3. The first-order chi connectivity index (χ1) is 16.3. The van der Waals surface area contributed by atoms with E-state index in [9.17, 15) is 13.2 Å². The molecule has 0 unspecified atom stereocenters. The van der Waals surface area contributed by atoms with Crippen LogP contribution in [0.3, 0.4) is 0 Å². The lowest BCUT2D eigenvalue weighted by molar-refractivity contribution is -0.117. The van der Waals surface area contributed by atoms with E-state index in [0.717, 1.165) is 15.9 Å². The van der Waals surface area contributed by atoms with Crippen LogP contribution in [-0.2, 0) is 26.5 Å². The number of nitrogens with one attached hydrogen (secondary N) is 1. The molecule has 14 heteroatoms. The number of fused-ring (bicyclic) bond motifs is 1. The number of benzene rings is 1. The van der Waals surface area contributed by atoms with Crippen LogP contribution in [0.15, 0.2) is 24.3 Å². The van der Waals surface area contributed by atoms with Crippen molar-refractivity contribution >= 4 is 75.2 Å². The molecule has 0 aliphatic carbocycles. The van der Waals surface area contributed by atoms with E-state index >= 15 is 0 Å². The molecule has 0 atom stereocenters. The van der Waals surface area contributed by atoms with E-state index < -0.39 is 24.2 Å². The third kappa shape index (κ3) is 5.90. The second-order valence-corrected chi connectivity index (χ2v) is 18.0. The molecule has 1 aliphatic heterocycles. The van der Waals surface area contributed by atoms with Crippen LogP contribution in [0.1, 0.15) is 5.56 Å². The van der Waals surface area contributed by atoms with Crippen molar-refractivity contribution in [1.82, 2.24) is 19.3 Å². The van der Waals surface area contributed by atoms with Crippen LogP contribution < -0.4 is 13.8 Å². The molecule has 0 radical (unpaired) electrons. The van der Waals surface area contributed by atoms with E-state index in [0.29, 0.717) is 37.9 Å². The Morgan fingerprint density at radius 3 is 2.63 bits per heavy atom. The van der Waals surface area contributed by atoms with Crippen molar-refractivity contribution in [2.45, 2.75) is 39.3 Å². The Kier molecular flexibility index (Phi) is 7.35. The smallest absolute Gasteiger partial charge is 0.326 e.